The second-order valence-electron chi connectivity index (χ2n) is 2.53. The Kier molecular flexibility index (Phi) is 2.84. The van der Waals surface area contributed by atoms with Crippen LogP contribution in [0.15, 0.2) is 18.2 Å². The minimum atomic E-state index is -0.505. The van der Waals surface area contributed by atoms with Gasteiger partial charge in [0.25, 0.3) is 0 Å². The number of methoxy groups -OCH3 is 1. The molecule has 0 aliphatic carbocycles. The number of benzene rings is 1. The van der Waals surface area contributed by atoms with Gasteiger partial charge in [0.2, 0.25) is 5.91 Å². The van der Waals surface area contributed by atoms with Crippen molar-refractivity contribution in [3.63, 3.8) is 0 Å². The van der Waals surface area contributed by atoms with E-state index in [0.717, 1.165) is 0 Å². The molecule has 1 rings (SSSR count). The monoisotopic (exact) mass is 183 g/mol. The van der Waals surface area contributed by atoms with E-state index in [-0.39, 0.29) is 11.6 Å². The summed E-state index contributed by atoms with van der Waals surface area (Å²) in [6.45, 7) is 1.32. The first-order valence-electron chi connectivity index (χ1n) is 3.74. The van der Waals surface area contributed by atoms with Crippen molar-refractivity contribution in [2.45, 2.75) is 6.92 Å². The predicted molar refractivity (Wildman–Crippen MR) is 47.3 cm³/mol. The molecule has 1 aromatic carbocycles. The zero-order valence-corrected chi connectivity index (χ0v) is 7.43. The number of hydrogen-bond acceptors (Lipinski definition) is 2. The summed E-state index contributed by atoms with van der Waals surface area (Å²) in [5, 5.41) is 2.35. The van der Waals surface area contributed by atoms with Crippen LogP contribution in [-0.2, 0) is 4.79 Å². The Balaban J connectivity index is 2.91. The van der Waals surface area contributed by atoms with Crippen LogP contribution in [0.2, 0.25) is 0 Å². The highest BCUT2D eigenvalue weighted by Crippen LogP contribution is 2.19. The molecule has 1 aromatic rings. The molecular formula is C9H10FNO2. The van der Waals surface area contributed by atoms with Gasteiger partial charge < -0.3 is 10.1 Å². The lowest BCUT2D eigenvalue weighted by Crippen LogP contribution is -2.07. The summed E-state index contributed by atoms with van der Waals surface area (Å²) in [7, 11) is 1.45. The second-order valence-corrected chi connectivity index (χ2v) is 2.53. The van der Waals surface area contributed by atoms with E-state index in [4.69, 9.17) is 4.74 Å². The Bertz CT molecular complexity index is 325. The molecule has 13 heavy (non-hydrogen) atoms. The van der Waals surface area contributed by atoms with E-state index in [2.05, 4.69) is 5.32 Å². The van der Waals surface area contributed by atoms with E-state index in [0.29, 0.717) is 5.75 Å². The van der Waals surface area contributed by atoms with Crippen LogP contribution >= 0.6 is 0 Å². The van der Waals surface area contributed by atoms with Crippen LogP contribution in [0.5, 0.6) is 5.75 Å². The average Bonchev–Trinajstić information content (AvgIpc) is 2.08. The van der Waals surface area contributed by atoms with E-state index >= 15 is 0 Å². The van der Waals surface area contributed by atoms with Gasteiger partial charge in [0.15, 0.2) is 0 Å². The molecule has 0 aliphatic heterocycles. The molecule has 1 amide bonds. The van der Waals surface area contributed by atoms with Crippen molar-refractivity contribution in [1.82, 2.24) is 0 Å². The molecule has 0 radical (unpaired) electrons. The summed E-state index contributed by atoms with van der Waals surface area (Å²) in [5.74, 6) is -0.384. The van der Waals surface area contributed by atoms with Crippen molar-refractivity contribution in [2.75, 3.05) is 12.4 Å². The number of carbonyl (C=O) groups excluding carboxylic acids is 1. The molecule has 0 saturated heterocycles. The Hall–Kier alpha value is -1.58. The Labute approximate surface area is 75.5 Å². The van der Waals surface area contributed by atoms with Crippen molar-refractivity contribution < 1.29 is 13.9 Å². The molecule has 0 bridgehead atoms. The molecule has 0 fully saturated rings. The third-order valence-electron chi connectivity index (χ3n) is 1.49. The van der Waals surface area contributed by atoms with Crippen LogP contribution in [0.3, 0.4) is 0 Å². The van der Waals surface area contributed by atoms with E-state index in [1.165, 1.54) is 26.2 Å². The first kappa shape index (κ1) is 9.51. The van der Waals surface area contributed by atoms with Crippen molar-refractivity contribution >= 4 is 11.6 Å². The molecule has 0 atom stereocenters. The van der Waals surface area contributed by atoms with Crippen molar-refractivity contribution in [2.24, 2.45) is 0 Å². The van der Waals surface area contributed by atoms with Gasteiger partial charge in [-0.1, -0.05) is 0 Å². The first-order chi connectivity index (χ1) is 6.13. The number of anilines is 1. The highest BCUT2D eigenvalue weighted by Gasteiger charge is 2.04. The van der Waals surface area contributed by atoms with Crippen molar-refractivity contribution in [1.29, 1.82) is 0 Å². The van der Waals surface area contributed by atoms with Gasteiger partial charge in [-0.05, 0) is 12.1 Å². The SMILES string of the molecule is COc1ccc(NC(C)=O)c(F)c1. The maximum absolute atomic E-state index is 13.1. The Morgan fingerprint density at radius 2 is 2.23 bits per heavy atom. The third kappa shape index (κ3) is 2.43. The number of halogens is 1. The summed E-state index contributed by atoms with van der Waals surface area (Å²) in [4.78, 5) is 10.6. The maximum atomic E-state index is 13.1. The molecule has 1 N–H and O–H groups in total. The zero-order chi connectivity index (χ0) is 9.84. The number of nitrogens with one attached hydrogen (secondary N) is 1. The largest absolute Gasteiger partial charge is 0.497 e. The molecular weight excluding hydrogens is 173 g/mol. The Morgan fingerprint density at radius 3 is 2.69 bits per heavy atom. The van der Waals surface area contributed by atoms with Gasteiger partial charge in [0.1, 0.15) is 11.6 Å². The summed E-state index contributed by atoms with van der Waals surface area (Å²) < 4.78 is 17.9. The lowest BCUT2D eigenvalue weighted by Gasteiger charge is -2.05. The van der Waals surface area contributed by atoms with Crippen LogP contribution < -0.4 is 10.1 Å². The number of ether oxygens (including phenoxy) is 1. The van der Waals surface area contributed by atoms with Gasteiger partial charge in [0, 0.05) is 13.0 Å². The molecule has 0 saturated carbocycles. The molecule has 0 aromatic heterocycles. The van der Waals surface area contributed by atoms with Crippen LogP contribution in [-0.4, -0.2) is 13.0 Å². The van der Waals surface area contributed by atoms with Gasteiger partial charge in [-0.3, -0.25) is 4.79 Å². The lowest BCUT2D eigenvalue weighted by atomic mass is 10.3. The highest BCUT2D eigenvalue weighted by atomic mass is 19.1. The van der Waals surface area contributed by atoms with Gasteiger partial charge in [0.05, 0.1) is 12.8 Å². The molecule has 3 nitrogen and oxygen atoms in total. The number of carbonyl (C=O) groups is 1. The fraction of sp³-hybridized carbons (Fsp3) is 0.222. The normalized spacial score (nSPS) is 9.46. The van der Waals surface area contributed by atoms with Crippen molar-refractivity contribution in [3.05, 3.63) is 24.0 Å². The van der Waals surface area contributed by atoms with Crippen LogP contribution in [0.4, 0.5) is 10.1 Å². The molecule has 0 unspecified atom stereocenters. The Morgan fingerprint density at radius 1 is 1.54 bits per heavy atom. The predicted octanol–water partition coefficient (Wildman–Crippen LogP) is 1.79. The fourth-order valence-corrected chi connectivity index (χ4v) is 0.914. The minimum absolute atomic E-state index is 0.160. The summed E-state index contributed by atoms with van der Waals surface area (Å²) in [5.41, 5.74) is 0.160. The van der Waals surface area contributed by atoms with Gasteiger partial charge in [-0.2, -0.15) is 0 Å². The van der Waals surface area contributed by atoms with E-state index in [9.17, 15) is 9.18 Å². The van der Waals surface area contributed by atoms with Gasteiger partial charge >= 0.3 is 0 Å². The fourth-order valence-electron chi connectivity index (χ4n) is 0.914. The number of amides is 1. The van der Waals surface area contributed by atoms with Crippen LogP contribution in [0.1, 0.15) is 6.92 Å². The van der Waals surface area contributed by atoms with E-state index in [1.807, 2.05) is 0 Å². The molecule has 0 aliphatic rings. The van der Waals surface area contributed by atoms with Crippen molar-refractivity contribution in [3.8, 4) is 5.75 Å². The summed E-state index contributed by atoms with van der Waals surface area (Å²) in [6, 6.07) is 4.25. The zero-order valence-electron chi connectivity index (χ0n) is 7.43. The van der Waals surface area contributed by atoms with E-state index < -0.39 is 5.82 Å². The van der Waals surface area contributed by atoms with Crippen LogP contribution in [0, 0.1) is 5.82 Å². The smallest absolute Gasteiger partial charge is 0.221 e. The highest BCUT2D eigenvalue weighted by molar-refractivity contribution is 5.88. The van der Waals surface area contributed by atoms with Gasteiger partial charge in [-0.15, -0.1) is 0 Å². The van der Waals surface area contributed by atoms with Gasteiger partial charge in [-0.25, -0.2) is 4.39 Å². The maximum Gasteiger partial charge on any atom is 0.221 e. The molecule has 0 spiro atoms. The quantitative estimate of drug-likeness (QED) is 0.759. The lowest BCUT2D eigenvalue weighted by molar-refractivity contribution is -0.114. The average molecular weight is 183 g/mol. The number of rotatable bonds is 2. The number of hydrogen-bond donors (Lipinski definition) is 1. The molecule has 0 heterocycles. The summed E-state index contributed by atoms with van der Waals surface area (Å²) >= 11 is 0. The van der Waals surface area contributed by atoms with E-state index in [1.54, 1.807) is 6.07 Å². The minimum Gasteiger partial charge on any atom is -0.497 e. The molecule has 70 valence electrons. The first-order valence-corrected chi connectivity index (χ1v) is 3.74. The topological polar surface area (TPSA) is 38.3 Å². The second kappa shape index (κ2) is 3.89. The van der Waals surface area contributed by atoms with Crippen LogP contribution in [0.25, 0.3) is 0 Å². The standard InChI is InChI=1S/C9H10FNO2/c1-6(12)11-9-4-3-7(13-2)5-8(9)10/h3-5H,1-2H3,(H,11,12). The summed E-state index contributed by atoms with van der Waals surface area (Å²) in [6.07, 6.45) is 0. The molecule has 4 heteroatoms. The third-order valence-corrected chi connectivity index (χ3v) is 1.49.